The minimum Gasteiger partial charge on any atom is -0.480 e. The zero-order valence-electron chi connectivity index (χ0n) is 13.0. The van der Waals surface area contributed by atoms with Gasteiger partial charge in [0, 0.05) is 13.0 Å². The molecule has 2 heterocycles. The Morgan fingerprint density at radius 2 is 2.21 bits per heavy atom. The van der Waals surface area contributed by atoms with E-state index in [4.69, 9.17) is 21.1 Å². The quantitative estimate of drug-likeness (QED) is 0.492. The monoisotopic (exact) mass is 340 g/mol. The molecule has 132 valence electrons. The van der Waals surface area contributed by atoms with Gasteiger partial charge in [-0.3, -0.25) is 4.79 Å². The number of nitrogens with two attached hydrogens (primary N) is 2. The minimum absolute atomic E-state index is 0.0444. The molecule has 1 saturated heterocycles. The van der Waals surface area contributed by atoms with Crippen LogP contribution in [-0.2, 0) is 16.1 Å². The summed E-state index contributed by atoms with van der Waals surface area (Å²) in [5, 5.41) is 15.3. The molecule has 24 heavy (non-hydrogen) atoms. The Labute approximate surface area is 137 Å². The molecule has 0 aliphatic carbocycles. The van der Waals surface area contributed by atoms with Crippen molar-refractivity contribution in [3.05, 3.63) is 11.7 Å². The summed E-state index contributed by atoms with van der Waals surface area (Å²) in [5.41, 5.74) is 10.9. The lowest BCUT2D eigenvalue weighted by Crippen LogP contribution is -2.45. The SMILES string of the molecule is NC(=O)CC[C@H](N)c1noc(CNC(=O)N2CCCC2C(=O)O)n1. The molecule has 0 spiro atoms. The molecular formula is C13H20N6O5. The van der Waals surface area contributed by atoms with Gasteiger partial charge in [-0.25, -0.2) is 9.59 Å². The van der Waals surface area contributed by atoms with Crippen molar-refractivity contribution in [1.82, 2.24) is 20.4 Å². The molecule has 6 N–H and O–H groups in total. The molecule has 1 unspecified atom stereocenters. The number of hydrogen-bond acceptors (Lipinski definition) is 7. The summed E-state index contributed by atoms with van der Waals surface area (Å²) < 4.78 is 4.97. The Balaban J connectivity index is 1.85. The Kier molecular flexibility index (Phi) is 5.68. The lowest BCUT2D eigenvalue weighted by Gasteiger charge is -2.21. The van der Waals surface area contributed by atoms with Crippen LogP contribution in [0.25, 0.3) is 0 Å². The van der Waals surface area contributed by atoms with E-state index in [9.17, 15) is 14.4 Å². The van der Waals surface area contributed by atoms with Crippen LogP contribution in [0.3, 0.4) is 0 Å². The van der Waals surface area contributed by atoms with Crippen molar-refractivity contribution in [2.45, 2.75) is 44.3 Å². The summed E-state index contributed by atoms with van der Waals surface area (Å²) in [6, 6.07) is -1.91. The maximum atomic E-state index is 12.0. The molecule has 0 radical (unpaired) electrons. The van der Waals surface area contributed by atoms with Gasteiger partial charge in [-0.15, -0.1) is 0 Å². The fourth-order valence-electron chi connectivity index (χ4n) is 2.44. The fourth-order valence-corrected chi connectivity index (χ4v) is 2.44. The molecule has 0 bridgehead atoms. The summed E-state index contributed by atoms with van der Waals surface area (Å²) >= 11 is 0. The number of nitrogens with one attached hydrogen (secondary N) is 1. The predicted molar refractivity (Wildman–Crippen MR) is 79.3 cm³/mol. The highest BCUT2D eigenvalue weighted by molar-refractivity contribution is 5.83. The van der Waals surface area contributed by atoms with Crippen molar-refractivity contribution in [3.63, 3.8) is 0 Å². The largest absolute Gasteiger partial charge is 0.480 e. The molecule has 2 rings (SSSR count). The lowest BCUT2D eigenvalue weighted by atomic mass is 10.1. The second-order valence-electron chi connectivity index (χ2n) is 5.51. The number of likely N-dealkylation sites (tertiary alicyclic amines) is 1. The number of nitrogens with zero attached hydrogens (tertiary/aromatic N) is 3. The third kappa shape index (κ3) is 4.41. The van der Waals surface area contributed by atoms with E-state index in [1.54, 1.807) is 0 Å². The first-order valence-electron chi connectivity index (χ1n) is 7.52. The van der Waals surface area contributed by atoms with Crippen molar-refractivity contribution in [1.29, 1.82) is 0 Å². The number of carboxylic acid groups (broad SMARTS) is 1. The van der Waals surface area contributed by atoms with Crippen LogP contribution in [0.1, 0.15) is 43.4 Å². The molecule has 2 atom stereocenters. The van der Waals surface area contributed by atoms with Crippen LogP contribution in [0.15, 0.2) is 4.52 Å². The number of aliphatic carboxylic acids is 1. The number of hydrogen-bond donors (Lipinski definition) is 4. The Morgan fingerprint density at radius 3 is 2.88 bits per heavy atom. The van der Waals surface area contributed by atoms with E-state index in [0.717, 1.165) is 0 Å². The summed E-state index contributed by atoms with van der Waals surface area (Å²) in [5.74, 6) is -1.15. The normalized spacial score (nSPS) is 18.4. The standard InChI is InChI=1S/C13H20N6O5/c14-7(3-4-9(15)20)11-17-10(24-18-11)6-16-13(23)19-5-1-2-8(19)12(21)22/h7-8H,1-6,14H2,(H2,15,20)(H,16,23)(H,21,22)/t7-,8?/m0/s1. The lowest BCUT2D eigenvalue weighted by molar-refractivity contribution is -0.141. The average Bonchev–Trinajstić information content (AvgIpc) is 3.19. The molecule has 3 amide bonds. The molecule has 0 saturated carbocycles. The first kappa shape index (κ1) is 17.7. The highest BCUT2D eigenvalue weighted by atomic mass is 16.5. The van der Waals surface area contributed by atoms with Crippen LogP contribution >= 0.6 is 0 Å². The third-order valence-electron chi connectivity index (χ3n) is 3.71. The zero-order chi connectivity index (χ0) is 17.7. The van der Waals surface area contributed by atoms with Gasteiger partial charge >= 0.3 is 12.0 Å². The van der Waals surface area contributed by atoms with Crippen LogP contribution in [0.2, 0.25) is 0 Å². The number of amides is 3. The van der Waals surface area contributed by atoms with E-state index in [1.807, 2.05) is 0 Å². The number of carboxylic acids is 1. The van der Waals surface area contributed by atoms with E-state index in [0.29, 0.717) is 19.4 Å². The zero-order valence-corrected chi connectivity index (χ0v) is 13.0. The molecule has 11 nitrogen and oxygen atoms in total. The fraction of sp³-hybridized carbons (Fsp3) is 0.615. The van der Waals surface area contributed by atoms with Crippen molar-refractivity contribution in [2.24, 2.45) is 11.5 Å². The average molecular weight is 340 g/mol. The molecule has 1 aromatic rings. The summed E-state index contributed by atoms with van der Waals surface area (Å²) in [6.07, 6.45) is 1.47. The molecule has 0 aromatic carbocycles. The molecular weight excluding hydrogens is 320 g/mol. The number of aromatic nitrogens is 2. The number of urea groups is 1. The Bertz CT molecular complexity index is 618. The first-order chi connectivity index (χ1) is 11.4. The highest BCUT2D eigenvalue weighted by Gasteiger charge is 2.34. The van der Waals surface area contributed by atoms with Gasteiger partial charge in [0.15, 0.2) is 5.82 Å². The van der Waals surface area contributed by atoms with Crippen LogP contribution in [0.5, 0.6) is 0 Å². The minimum atomic E-state index is -1.02. The van der Waals surface area contributed by atoms with Crippen molar-refractivity contribution >= 4 is 17.9 Å². The van der Waals surface area contributed by atoms with Crippen LogP contribution < -0.4 is 16.8 Å². The van der Waals surface area contributed by atoms with Crippen molar-refractivity contribution in [3.8, 4) is 0 Å². The predicted octanol–water partition coefficient (Wildman–Crippen LogP) is -0.906. The van der Waals surface area contributed by atoms with E-state index < -0.39 is 30.0 Å². The van der Waals surface area contributed by atoms with Gasteiger partial charge < -0.3 is 31.3 Å². The smallest absolute Gasteiger partial charge is 0.326 e. The van der Waals surface area contributed by atoms with Gasteiger partial charge in [0.05, 0.1) is 12.6 Å². The van der Waals surface area contributed by atoms with E-state index in [-0.39, 0.29) is 31.1 Å². The second kappa shape index (κ2) is 7.73. The highest BCUT2D eigenvalue weighted by Crippen LogP contribution is 2.17. The Hall–Kier alpha value is -2.69. The maximum absolute atomic E-state index is 12.0. The first-order valence-corrected chi connectivity index (χ1v) is 7.52. The number of carbonyl (C=O) groups excluding carboxylic acids is 2. The summed E-state index contributed by atoms with van der Waals surface area (Å²) in [4.78, 5) is 39.1. The third-order valence-corrected chi connectivity index (χ3v) is 3.71. The maximum Gasteiger partial charge on any atom is 0.326 e. The second-order valence-corrected chi connectivity index (χ2v) is 5.51. The number of primary amides is 1. The number of rotatable bonds is 7. The summed E-state index contributed by atoms with van der Waals surface area (Å²) in [7, 11) is 0. The van der Waals surface area contributed by atoms with Gasteiger partial charge in [-0.05, 0) is 19.3 Å². The molecule has 11 heteroatoms. The van der Waals surface area contributed by atoms with Crippen LogP contribution in [0, 0.1) is 0 Å². The molecule has 1 aromatic heterocycles. The van der Waals surface area contributed by atoms with Crippen molar-refractivity contribution < 1.29 is 24.0 Å². The van der Waals surface area contributed by atoms with E-state index in [2.05, 4.69) is 15.5 Å². The van der Waals surface area contributed by atoms with Gasteiger partial charge in [-0.1, -0.05) is 5.16 Å². The van der Waals surface area contributed by atoms with Crippen LogP contribution in [-0.4, -0.2) is 50.6 Å². The van der Waals surface area contributed by atoms with Gasteiger partial charge in [0.2, 0.25) is 11.8 Å². The van der Waals surface area contributed by atoms with E-state index in [1.165, 1.54) is 4.90 Å². The number of carbonyl (C=O) groups is 3. The van der Waals surface area contributed by atoms with Gasteiger partial charge in [0.1, 0.15) is 6.04 Å². The van der Waals surface area contributed by atoms with Crippen LogP contribution in [0.4, 0.5) is 4.79 Å². The molecule has 1 aliphatic rings. The summed E-state index contributed by atoms with van der Waals surface area (Å²) in [6.45, 7) is 0.340. The van der Waals surface area contributed by atoms with Gasteiger partial charge in [0.25, 0.3) is 0 Å². The molecule has 1 fully saturated rings. The Morgan fingerprint density at radius 1 is 1.46 bits per heavy atom. The molecule has 1 aliphatic heterocycles. The van der Waals surface area contributed by atoms with E-state index >= 15 is 0 Å². The topological polar surface area (TPSA) is 178 Å². The van der Waals surface area contributed by atoms with Crippen molar-refractivity contribution in [2.75, 3.05) is 6.54 Å². The van der Waals surface area contributed by atoms with Gasteiger partial charge in [-0.2, -0.15) is 4.98 Å².